The van der Waals surface area contributed by atoms with Crippen molar-refractivity contribution in [3.8, 4) is 28.6 Å². The Balaban J connectivity index is 1.70. The lowest BCUT2D eigenvalue weighted by Gasteiger charge is -2.38. The van der Waals surface area contributed by atoms with Crippen molar-refractivity contribution in [3.05, 3.63) is 52.7 Å². The van der Waals surface area contributed by atoms with Gasteiger partial charge in [-0.15, -0.1) is 0 Å². The summed E-state index contributed by atoms with van der Waals surface area (Å²) in [6.07, 6.45) is -9.10. The van der Waals surface area contributed by atoms with Crippen LogP contribution in [-0.4, -0.2) is 69.3 Å². The van der Waals surface area contributed by atoms with Crippen LogP contribution in [0.25, 0.3) is 22.3 Å². The van der Waals surface area contributed by atoms with Crippen LogP contribution in [0.4, 0.5) is 0 Å². The number of aliphatic hydroxyl groups excluding tert-OH is 3. The SMILES string of the molecule is COc1ccc(-c2cc(=O)c3c(O)cc(O[C@@H]4O[C@H](C(=O)O)[C@@H](O)[C@H](O)[C@H]4O)cc3o2)cc1. The molecule has 1 aliphatic rings. The van der Waals surface area contributed by atoms with E-state index in [9.17, 15) is 30.0 Å². The van der Waals surface area contributed by atoms with E-state index >= 15 is 0 Å². The molecule has 1 fully saturated rings. The van der Waals surface area contributed by atoms with Gasteiger partial charge in [-0.25, -0.2) is 4.79 Å². The van der Waals surface area contributed by atoms with Crippen LogP contribution in [0.2, 0.25) is 0 Å². The van der Waals surface area contributed by atoms with Gasteiger partial charge >= 0.3 is 5.97 Å². The number of hydrogen-bond donors (Lipinski definition) is 5. The molecule has 5 N–H and O–H groups in total. The highest BCUT2D eigenvalue weighted by Crippen LogP contribution is 2.33. The maximum absolute atomic E-state index is 12.6. The first-order valence-electron chi connectivity index (χ1n) is 9.74. The highest BCUT2D eigenvalue weighted by atomic mass is 16.7. The number of hydrogen-bond acceptors (Lipinski definition) is 10. The Hall–Kier alpha value is -3.64. The number of methoxy groups -OCH3 is 1. The van der Waals surface area contributed by atoms with Crippen LogP contribution in [-0.2, 0) is 9.53 Å². The molecule has 174 valence electrons. The third-order valence-corrected chi connectivity index (χ3v) is 5.22. The molecule has 3 aromatic rings. The van der Waals surface area contributed by atoms with Gasteiger partial charge in [0.1, 0.15) is 52.3 Å². The minimum absolute atomic E-state index is 0.0519. The van der Waals surface area contributed by atoms with Crippen LogP contribution in [0.5, 0.6) is 17.2 Å². The molecule has 0 aliphatic carbocycles. The summed E-state index contributed by atoms with van der Waals surface area (Å²) >= 11 is 0. The Bertz CT molecular complexity index is 1230. The molecule has 1 aliphatic heterocycles. The van der Waals surface area contributed by atoms with Crippen molar-refractivity contribution in [2.24, 2.45) is 0 Å². The molecule has 0 spiro atoms. The molecule has 5 atom stereocenters. The zero-order chi connectivity index (χ0) is 23.9. The molecule has 0 bridgehead atoms. The first kappa shape index (κ1) is 22.6. The van der Waals surface area contributed by atoms with E-state index in [0.717, 1.165) is 6.07 Å². The second-order valence-electron chi connectivity index (χ2n) is 7.37. The first-order chi connectivity index (χ1) is 15.7. The van der Waals surface area contributed by atoms with E-state index in [1.807, 2.05) is 0 Å². The van der Waals surface area contributed by atoms with Crippen molar-refractivity contribution in [1.82, 2.24) is 0 Å². The molecule has 0 saturated carbocycles. The number of aliphatic carboxylic acids is 1. The summed E-state index contributed by atoms with van der Waals surface area (Å²) in [5.74, 6) is -1.40. The fourth-order valence-electron chi connectivity index (χ4n) is 3.49. The second kappa shape index (κ2) is 8.71. The van der Waals surface area contributed by atoms with E-state index in [2.05, 4.69) is 0 Å². The van der Waals surface area contributed by atoms with E-state index in [4.69, 9.17) is 23.7 Å². The summed E-state index contributed by atoms with van der Waals surface area (Å²) in [7, 11) is 1.51. The lowest BCUT2D eigenvalue weighted by Crippen LogP contribution is -2.61. The van der Waals surface area contributed by atoms with Crippen LogP contribution in [0.3, 0.4) is 0 Å². The quantitative estimate of drug-likeness (QED) is 0.357. The molecule has 1 aromatic heterocycles. The number of ether oxygens (including phenoxy) is 3. The van der Waals surface area contributed by atoms with Gasteiger partial charge in [0.25, 0.3) is 0 Å². The zero-order valence-corrected chi connectivity index (χ0v) is 17.1. The summed E-state index contributed by atoms with van der Waals surface area (Å²) in [4.78, 5) is 23.9. The van der Waals surface area contributed by atoms with Gasteiger partial charge in [-0.1, -0.05) is 0 Å². The van der Waals surface area contributed by atoms with Gasteiger partial charge in [0.05, 0.1) is 7.11 Å². The van der Waals surface area contributed by atoms with Crippen molar-refractivity contribution >= 4 is 16.9 Å². The number of phenolic OH excluding ortho intramolecular Hbond substituents is 1. The summed E-state index contributed by atoms with van der Waals surface area (Å²) in [6.45, 7) is 0. The van der Waals surface area contributed by atoms with Crippen molar-refractivity contribution in [1.29, 1.82) is 0 Å². The Kier molecular flexibility index (Phi) is 5.95. The number of fused-ring (bicyclic) bond motifs is 1. The van der Waals surface area contributed by atoms with Crippen LogP contribution in [0.15, 0.2) is 51.7 Å². The lowest BCUT2D eigenvalue weighted by atomic mass is 9.99. The third kappa shape index (κ3) is 4.22. The Morgan fingerprint density at radius 1 is 0.970 bits per heavy atom. The summed E-state index contributed by atoms with van der Waals surface area (Å²) in [5, 5.41) is 49.2. The molecule has 4 rings (SSSR count). The van der Waals surface area contributed by atoms with Crippen LogP contribution >= 0.6 is 0 Å². The smallest absolute Gasteiger partial charge is 0.335 e. The molecular weight excluding hydrogens is 440 g/mol. The van der Waals surface area contributed by atoms with Gasteiger partial charge in [0, 0.05) is 23.8 Å². The van der Waals surface area contributed by atoms with Gasteiger partial charge in [-0.05, 0) is 24.3 Å². The molecule has 1 saturated heterocycles. The van der Waals surface area contributed by atoms with Crippen molar-refractivity contribution < 1.29 is 49.0 Å². The highest BCUT2D eigenvalue weighted by Gasteiger charge is 2.48. The maximum atomic E-state index is 12.6. The zero-order valence-electron chi connectivity index (χ0n) is 17.1. The minimum atomic E-state index is -1.88. The fourth-order valence-corrected chi connectivity index (χ4v) is 3.49. The van der Waals surface area contributed by atoms with E-state index < -0.39 is 47.9 Å². The van der Waals surface area contributed by atoms with E-state index in [1.54, 1.807) is 24.3 Å². The molecule has 2 aromatic carbocycles. The molecule has 0 radical (unpaired) electrons. The van der Waals surface area contributed by atoms with E-state index in [1.165, 1.54) is 19.2 Å². The average Bonchev–Trinajstić information content (AvgIpc) is 2.78. The molecule has 2 heterocycles. The topological polar surface area (TPSA) is 176 Å². The highest BCUT2D eigenvalue weighted by molar-refractivity contribution is 5.86. The first-order valence-corrected chi connectivity index (χ1v) is 9.74. The van der Waals surface area contributed by atoms with Crippen molar-refractivity contribution in [2.45, 2.75) is 30.7 Å². The average molecular weight is 460 g/mol. The van der Waals surface area contributed by atoms with E-state index in [-0.39, 0.29) is 22.5 Å². The Morgan fingerprint density at radius 2 is 1.67 bits per heavy atom. The predicted octanol–water partition coefficient (Wildman–Crippen LogP) is 0.445. The number of aromatic hydroxyl groups is 1. The predicted molar refractivity (Wildman–Crippen MR) is 111 cm³/mol. The number of carbonyl (C=O) groups is 1. The lowest BCUT2D eigenvalue weighted by molar-refractivity contribution is -0.271. The summed E-state index contributed by atoms with van der Waals surface area (Å²) in [6, 6.07) is 10.2. The van der Waals surface area contributed by atoms with Crippen LogP contribution in [0, 0.1) is 0 Å². The standard InChI is InChI=1S/C22H20O11/c1-30-10-4-2-9(3-5-10)14-8-13(24)16-12(23)6-11(7-15(16)32-14)31-22-19(27)17(25)18(26)20(33-22)21(28)29/h2-8,17-20,22-23,25-27H,1H3,(H,28,29)/t17-,18-,19+,20-,22+/m0/s1. The molecule has 0 unspecified atom stereocenters. The van der Waals surface area contributed by atoms with Gasteiger partial charge in [0.15, 0.2) is 11.5 Å². The summed E-state index contributed by atoms with van der Waals surface area (Å²) < 4.78 is 21.4. The number of rotatable bonds is 5. The number of carboxylic acid groups (broad SMARTS) is 1. The largest absolute Gasteiger partial charge is 0.507 e. The monoisotopic (exact) mass is 460 g/mol. The summed E-state index contributed by atoms with van der Waals surface area (Å²) in [5.41, 5.74) is -0.0124. The molecule has 0 amide bonds. The molecular formula is C22H20O11. The van der Waals surface area contributed by atoms with Gasteiger partial charge in [-0.2, -0.15) is 0 Å². The Morgan fingerprint density at radius 3 is 2.30 bits per heavy atom. The molecule has 11 nitrogen and oxygen atoms in total. The molecule has 11 heteroatoms. The van der Waals surface area contributed by atoms with Crippen molar-refractivity contribution in [3.63, 3.8) is 0 Å². The number of aliphatic hydroxyl groups is 3. The number of benzene rings is 2. The number of carboxylic acids is 1. The van der Waals surface area contributed by atoms with Gasteiger partial charge < -0.3 is 44.2 Å². The van der Waals surface area contributed by atoms with Gasteiger partial charge in [0.2, 0.25) is 6.29 Å². The fraction of sp³-hybridized carbons (Fsp3) is 0.273. The minimum Gasteiger partial charge on any atom is -0.507 e. The van der Waals surface area contributed by atoms with Crippen molar-refractivity contribution in [2.75, 3.05) is 7.11 Å². The van der Waals surface area contributed by atoms with E-state index in [0.29, 0.717) is 11.3 Å². The molecule has 33 heavy (non-hydrogen) atoms. The van der Waals surface area contributed by atoms with Crippen LogP contribution in [0.1, 0.15) is 0 Å². The third-order valence-electron chi connectivity index (χ3n) is 5.22. The Labute approximate surface area is 185 Å². The second-order valence-corrected chi connectivity index (χ2v) is 7.37. The normalized spacial score (nSPS) is 25.0. The number of phenols is 1. The maximum Gasteiger partial charge on any atom is 0.335 e. The van der Waals surface area contributed by atoms with Crippen LogP contribution < -0.4 is 14.9 Å². The van der Waals surface area contributed by atoms with Gasteiger partial charge in [-0.3, -0.25) is 4.79 Å².